The molecule has 4 N–H and O–H groups in total. The lowest BCUT2D eigenvalue weighted by molar-refractivity contribution is 0.0380. The second-order valence-electron chi connectivity index (χ2n) is 5.32. The van der Waals surface area contributed by atoms with Crippen LogP contribution in [0.25, 0.3) is 0 Å². The highest BCUT2D eigenvalue weighted by molar-refractivity contribution is 5.60. The molecule has 0 saturated carbocycles. The third kappa shape index (κ3) is 3.77. The van der Waals surface area contributed by atoms with Crippen molar-refractivity contribution >= 4 is 11.4 Å². The Labute approximate surface area is 120 Å². The number of nitrogens with two attached hydrogens (primary N) is 1. The Balaban J connectivity index is 2.12. The van der Waals surface area contributed by atoms with Gasteiger partial charge >= 0.3 is 0 Å². The molecule has 1 aromatic carbocycles. The van der Waals surface area contributed by atoms with Gasteiger partial charge in [-0.25, -0.2) is 0 Å². The summed E-state index contributed by atoms with van der Waals surface area (Å²) in [6, 6.07) is 5.61. The summed E-state index contributed by atoms with van der Waals surface area (Å²) in [6.45, 7) is 4.14. The average molecular weight is 280 g/mol. The van der Waals surface area contributed by atoms with Crippen LogP contribution in [0.1, 0.15) is 26.2 Å². The van der Waals surface area contributed by atoms with Gasteiger partial charge in [0.25, 0.3) is 0 Å². The fourth-order valence-electron chi connectivity index (χ4n) is 2.39. The van der Waals surface area contributed by atoms with Crippen molar-refractivity contribution in [1.82, 2.24) is 0 Å². The first-order valence-corrected chi connectivity index (χ1v) is 7.17. The molecule has 0 amide bonds. The zero-order valence-electron chi connectivity index (χ0n) is 12.0. The van der Waals surface area contributed by atoms with Crippen molar-refractivity contribution in [2.45, 2.75) is 31.7 Å². The van der Waals surface area contributed by atoms with Crippen molar-refractivity contribution in [2.75, 3.05) is 37.5 Å². The molecule has 20 heavy (non-hydrogen) atoms. The Morgan fingerprint density at radius 1 is 1.35 bits per heavy atom. The molecule has 0 spiro atoms. The number of ether oxygens (including phenoxy) is 2. The van der Waals surface area contributed by atoms with Gasteiger partial charge in [-0.05, 0) is 25.3 Å². The number of hydrogen-bond donors (Lipinski definition) is 3. The second-order valence-corrected chi connectivity index (χ2v) is 5.32. The summed E-state index contributed by atoms with van der Waals surface area (Å²) in [7, 11) is 0. The van der Waals surface area contributed by atoms with E-state index in [0.29, 0.717) is 25.5 Å². The van der Waals surface area contributed by atoms with Crippen molar-refractivity contribution in [2.24, 2.45) is 0 Å². The standard InChI is InChI=1S/C15H24N2O3/c1-2-5-20-14-9-12(16)8-13(10-14)17-15(11-18)3-6-19-7-4-15/h8-10,17-18H,2-7,11,16H2,1H3. The van der Waals surface area contributed by atoms with Crippen molar-refractivity contribution in [3.8, 4) is 5.75 Å². The number of aliphatic hydroxyl groups is 1. The Morgan fingerprint density at radius 2 is 2.10 bits per heavy atom. The minimum Gasteiger partial charge on any atom is -0.493 e. The third-order valence-corrected chi connectivity index (χ3v) is 3.56. The zero-order chi connectivity index (χ0) is 14.4. The third-order valence-electron chi connectivity index (χ3n) is 3.56. The van der Waals surface area contributed by atoms with Gasteiger partial charge in [-0.1, -0.05) is 6.92 Å². The van der Waals surface area contributed by atoms with Crippen LogP contribution in [0, 0.1) is 0 Å². The lowest BCUT2D eigenvalue weighted by atomic mass is 9.90. The van der Waals surface area contributed by atoms with Crippen molar-refractivity contribution in [3.63, 3.8) is 0 Å². The molecule has 0 unspecified atom stereocenters. The highest BCUT2D eigenvalue weighted by atomic mass is 16.5. The van der Waals surface area contributed by atoms with Crippen LogP contribution < -0.4 is 15.8 Å². The Morgan fingerprint density at radius 3 is 2.75 bits per heavy atom. The molecule has 5 nitrogen and oxygen atoms in total. The van der Waals surface area contributed by atoms with Crippen LogP contribution >= 0.6 is 0 Å². The Hall–Kier alpha value is -1.46. The van der Waals surface area contributed by atoms with Gasteiger partial charge in [0.05, 0.1) is 18.8 Å². The predicted molar refractivity (Wildman–Crippen MR) is 80.1 cm³/mol. The fourth-order valence-corrected chi connectivity index (χ4v) is 2.39. The van der Waals surface area contributed by atoms with E-state index < -0.39 is 0 Å². The summed E-state index contributed by atoms with van der Waals surface area (Å²) in [5.74, 6) is 0.759. The molecule has 1 aliphatic rings. The molecule has 1 fully saturated rings. The molecule has 112 valence electrons. The second kappa shape index (κ2) is 6.81. The molecule has 1 heterocycles. The van der Waals surface area contributed by atoms with Gasteiger partial charge in [-0.3, -0.25) is 0 Å². The van der Waals surface area contributed by atoms with Gasteiger partial charge in [0.15, 0.2) is 0 Å². The average Bonchev–Trinajstić information content (AvgIpc) is 2.45. The summed E-state index contributed by atoms with van der Waals surface area (Å²) in [5, 5.41) is 13.1. The maximum absolute atomic E-state index is 9.70. The number of anilines is 2. The van der Waals surface area contributed by atoms with Gasteiger partial charge in [0, 0.05) is 36.7 Å². The highest BCUT2D eigenvalue weighted by Gasteiger charge is 2.31. The lowest BCUT2D eigenvalue weighted by Crippen LogP contribution is -2.46. The first-order valence-electron chi connectivity index (χ1n) is 7.17. The van der Waals surface area contributed by atoms with Gasteiger partial charge in [0.2, 0.25) is 0 Å². The molecule has 2 rings (SSSR count). The van der Waals surface area contributed by atoms with E-state index in [0.717, 1.165) is 30.7 Å². The Bertz CT molecular complexity index is 431. The van der Waals surface area contributed by atoms with E-state index in [4.69, 9.17) is 15.2 Å². The SMILES string of the molecule is CCCOc1cc(N)cc(NC2(CO)CCOCC2)c1. The zero-order valence-corrected chi connectivity index (χ0v) is 12.0. The number of rotatable bonds is 6. The van der Waals surface area contributed by atoms with Gasteiger partial charge in [-0.2, -0.15) is 0 Å². The van der Waals surface area contributed by atoms with E-state index >= 15 is 0 Å². The smallest absolute Gasteiger partial charge is 0.123 e. The van der Waals surface area contributed by atoms with Crippen LogP contribution in [-0.2, 0) is 4.74 Å². The molecular formula is C15H24N2O3. The van der Waals surface area contributed by atoms with Crippen LogP contribution in [0.3, 0.4) is 0 Å². The van der Waals surface area contributed by atoms with Crippen LogP contribution in [-0.4, -0.2) is 37.1 Å². The molecule has 0 aromatic heterocycles. The number of benzene rings is 1. The number of aliphatic hydroxyl groups excluding tert-OH is 1. The van der Waals surface area contributed by atoms with Gasteiger partial charge < -0.3 is 25.6 Å². The van der Waals surface area contributed by atoms with E-state index in [-0.39, 0.29) is 12.1 Å². The molecule has 5 heteroatoms. The van der Waals surface area contributed by atoms with Crippen molar-refractivity contribution in [1.29, 1.82) is 0 Å². The van der Waals surface area contributed by atoms with E-state index in [1.165, 1.54) is 0 Å². The minimum absolute atomic E-state index is 0.0797. The van der Waals surface area contributed by atoms with E-state index in [1.807, 2.05) is 18.2 Å². The predicted octanol–water partition coefficient (Wildman–Crippen LogP) is 2.01. The number of nitrogens with one attached hydrogen (secondary N) is 1. The summed E-state index contributed by atoms with van der Waals surface area (Å²) in [4.78, 5) is 0. The van der Waals surface area contributed by atoms with E-state index in [2.05, 4.69) is 12.2 Å². The fraction of sp³-hybridized carbons (Fsp3) is 0.600. The molecule has 0 radical (unpaired) electrons. The van der Waals surface area contributed by atoms with Crippen molar-refractivity contribution < 1.29 is 14.6 Å². The van der Waals surface area contributed by atoms with E-state index in [1.54, 1.807) is 0 Å². The molecule has 0 atom stereocenters. The van der Waals surface area contributed by atoms with Crippen LogP contribution in [0.15, 0.2) is 18.2 Å². The largest absolute Gasteiger partial charge is 0.493 e. The molecule has 1 saturated heterocycles. The summed E-state index contributed by atoms with van der Waals surface area (Å²) in [6.07, 6.45) is 2.52. The highest BCUT2D eigenvalue weighted by Crippen LogP contribution is 2.29. The number of nitrogen functional groups attached to an aromatic ring is 1. The Kier molecular flexibility index (Phi) is 5.09. The quantitative estimate of drug-likeness (QED) is 0.695. The monoisotopic (exact) mass is 280 g/mol. The molecule has 0 aliphatic carbocycles. The van der Waals surface area contributed by atoms with E-state index in [9.17, 15) is 5.11 Å². The molecular weight excluding hydrogens is 256 g/mol. The van der Waals surface area contributed by atoms with Gasteiger partial charge in [-0.15, -0.1) is 0 Å². The van der Waals surface area contributed by atoms with Crippen molar-refractivity contribution in [3.05, 3.63) is 18.2 Å². The van der Waals surface area contributed by atoms with Crippen LogP contribution in [0.4, 0.5) is 11.4 Å². The van der Waals surface area contributed by atoms with Crippen LogP contribution in [0.5, 0.6) is 5.75 Å². The maximum atomic E-state index is 9.70. The summed E-state index contributed by atoms with van der Waals surface area (Å²) in [5.41, 5.74) is 7.12. The minimum atomic E-state index is -0.325. The summed E-state index contributed by atoms with van der Waals surface area (Å²) < 4.78 is 11.0. The maximum Gasteiger partial charge on any atom is 0.123 e. The molecule has 1 aromatic rings. The number of hydrogen-bond acceptors (Lipinski definition) is 5. The lowest BCUT2D eigenvalue weighted by Gasteiger charge is -2.37. The normalized spacial score (nSPS) is 17.7. The molecule has 0 bridgehead atoms. The molecule has 1 aliphatic heterocycles. The topological polar surface area (TPSA) is 76.7 Å². The van der Waals surface area contributed by atoms with Gasteiger partial charge in [0.1, 0.15) is 5.75 Å². The first-order chi connectivity index (χ1) is 9.67. The first kappa shape index (κ1) is 14.9. The summed E-state index contributed by atoms with van der Waals surface area (Å²) >= 11 is 0. The van der Waals surface area contributed by atoms with Crippen LogP contribution in [0.2, 0.25) is 0 Å².